The van der Waals surface area contributed by atoms with E-state index in [1.54, 1.807) is 6.08 Å². The second kappa shape index (κ2) is 3.56. The van der Waals surface area contributed by atoms with E-state index in [0.29, 0.717) is 17.4 Å². The highest BCUT2D eigenvalue weighted by atomic mass is 16.6. The van der Waals surface area contributed by atoms with Crippen molar-refractivity contribution in [2.45, 2.75) is 25.9 Å². The number of rotatable bonds is 0. The van der Waals surface area contributed by atoms with Crippen LogP contribution in [-0.2, 0) is 14.3 Å². The van der Waals surface area contributed by atoms with Gasteiger partial charge < -0.3 is 4.74 Å². The quantitative estimate of drug-likeness (QED) is 0.473. The molecule has 3 aliphatic rings. The highest BCUT2D eigenvalue weighted by Crippen LogP contribution is 2.46. The van der Waals surface area contributed by atoms with Crippen LogP contribution in [-0.4, -0.2) is 17.9 Å². The van der Waals surface area contributed by atoms with E-state index < -0.39 is 0 Å². The standard InChI is InChI=1S/C14H16O3/c1-7-5-13-10(8(2)14(16)17-13)6-11-9(7)3-4-12(11)15/h3-4,7,9-11,13H,2,5-6H2,1H3/t7-,9+,10-,11-,13-/m1/s1. The first kappa shape index (κ1) is 10.8. The molecule has 0 aromatic heterocycles. The largest absolute Gasteiger partial charge is 0.458 e. The fourth-order valence-electron chi connectivity index (χ4n) is 3.49. The SMILES string of the molecule is C=C1C(=O)O[C@@H]2C[C@@H](C)[C@@H]3C=CC(=O)[C@@H]3C[C@H]12. The Bertz CT molecular complexity index is 435. The lowest BCUT2D eigenvalue weighted by Gasteiger charge is -2.21. The van der Waals surface area contributed by atoms with Crippen molar-refractivity contribution in [2.24, 2.45) is 23.7 Å². The molecule has 0 bridgehead atoms. The van der Waals surface area contributed by atoms with Crippen molar-refractivity contribution in [1.29, 1.82) is 0 Å². The highest BCUT2D eigenvalue weighted by molar-refractivity contribution is 5.95. The van der Waals surface area contributed by atoms with Crippen molar-refractivity contribution in [3.63, 3.8) is 0 Å². The Hall–Kier alpha value is -1.38. The molecule has 1 saturated heterocycles. The molecule has 0 unspecified atom stereocenters. The average molecular weight is 232 g/mol. The monoisotopic (exact) mass is 232 g/mol. The average Bonchev–Trinajstić information content (AvgIpc) is 2.71. The zero-order valence-corrected chi connectivity index (χ0v) is 9.89. The molecule has 0 amide bonds. The summed E-state index contributed by atoms with van der Waals surface area (Å²) in [4.78, 5) is 23.4. The zero-order chi connectivity index (χ0) is 12.2. The molecule has 1 heterocycles. The minimum atomic E-state index is -0.274. The fraction of sp³-hybridized carbons (Fsp3) is 0.571. The van der Waals surface area contributed by atoms with Gasteiger partial charge in [0.05, 0.1) is 0 Å². The summed E-state index contributed by atoms with van der Waals surface area (Å²) in [5.41, 5.74) is 0.558. The van der Waals surface area contributed by atoms with Gasteiger partial charge in [-0.2, -0.15) is 0 Å². The summed E-state index contributed by atoms with van der Waals surface area (Å²) in [7, 11) is 0. The van der Waals surface area contributed by atoms with Gasteiger partial charge in [0.15, 0.2) is 5.78 Å². The normalized spacial score (nSPS) is 44.3. The minimum Gasteiger partial charge on any atom is -0.458 e. The maximum atomic E-state index is 11.8. The predicted molar refractivity (Wildman–Crippen MR) is 62.0 cm³/mol. The number of ketones is 1. The molecule has 0 aromatic carbocycles. The molecule has 0 radical (unpaired) electrons. The summed E-state index contributed by atoms with van der Waals surface area (Å²) in [5, 5.41) is 0. The molecular weight excluding hydrogens is 216 g/mol. The zero-order valence-electron chi connectivity index (χ0n) is 9.89. The third kappa shape index (κ3) is 1.48. The lowest BCUT2D eigenvalue weighted by molar-refractivity contribution is -0.139. The molecule has 3 rings (SSSR count). The van der Waals surface area contributed by atoms with Crippen LogP contribution in [0.1, 0.15) is 19.8 Å². The summed E-state index contributed by atoms with van der Waals surface area (Å²) in [6.07, 6.45) is 5.23. The third-order valence-corrected chi connectivity index (χ3v) is 4.50. The molecule has 2 fully saturated rings. The molecule has 3 nitrogen and oxygen atoms in total. The predicted octanol–water partition coefficient (Wildman–Crippen LogP) is 1.89. The van der Waals surface area contributed by atoms with Crippen LogP contribution in [0.25, 0.3) is 0 Å². The van der Waals surface area contributed by atoms with Crippen LogP contribution < -0.4 is 0 Å². The van der Waals surface area contributed by atoms with E-state index in [-0.39, 0.29) is 29.7 Å². The molecule has 1 saturated carbocycles. The van der Waals surface area contributed by atoms with E-state index in [4.69, 9.17) is 4.74 Å². The molecule has 2 aliphatic carbocycles. The summed E-state index contributed by atoms with van der Waals surface area (Å²) in [6.45, 7) is 5.96. The van der Waals surface area contributed by atoms with E-state index in [0.717, 1.165) is 12.8 Å². The van der Waals surface area contributed by atoms with Gasteiger partial charge in [-0.1, -0.05) is 19.6 Å². The molecule has 0 spiro atoms. The number of carbonyl (C=O) groups is 2. The number of allylic oxidation sites excluding steroid dienone is 2. The van der Waals surface area contributed by atoms with E-state index in [1.807, 2.05) is 6.08 Å². The second-order valence-corrected chi connectivity index (χ2v) is 5.47. The van der Waals surface area contributed by atoms with Crippen molar-refractivity contribution in [3.8, 4) is 0 Å². The Morgan fingerprint density at radius 2 is 2.06 bits per heavy atom. The number of hydrogen-bond donors (Lipinski definition) is 0. The van der Waals surface area contributed by atoms with E-state index in [2.05, 4.69) is 13.5 Å². The molecule has 0 N–H and O–H groups in total. The number of fused-ring (bicyclic) bond motifs is 2. The lowest BCUT2D eigenvalue weighted by Crippen LogP contribution is -2.21. The highest BCUT2D eigenvalue weighted by Gasteiger charge is 2.47. The summed E-state index contributed by atoms with van der Waals surface area (Å²) in [6, 6.07) is 0. The summed E-state index contributed by atoms with van der Waals surface area (Å²) in [5.74, 6) is 0.713. The number of esters is 1. The van der Waals surface area contributed by atoms with Gasteiger partial charge in [0.1, 0.15) is 6.10 Å². The Labute approximate surface area is 101 Å². The Balaban J connectivity index is 1.92. The van der Waals surface area contributed by atoms with E-state index >= 15 is 0 Å². The number of hydrogen-bond acceptors (Lipinski definition) is 3. The lowest BCUT2D eigenvalue weighted by atomic mass is 9.82. The first-order chi connectivity index (χ1) is 8.08. The first-order valence-corrected chi connectivity index (χ1v) is 6.19. The van der Waals surface area contributed by atoms with Crippen molar-refractivity contribution in [1.82, 2.24) is 0 Å². The van der Waals surface area contributed by atoms with E-state index in [9.17, 15) is 9.59 Å². The summed E-state index contributed by atoms with van der Waals surface area (Å²) < 4.78 is 5.35. The summed E-state index contributed by atoms with van der Waals surface area (Å²) >= 11 is 0. The fourth-order valence-corrected chi connectivity index (χ4v) is 3.49. The smallest absolute Gasteiger partial charge is 0.334 e. The van der Waals surface area contributed by atoms with Gasteiger partial charge in [0.2, 0.25) is 0 Å². The topological polar surface area (TPSA) is 43.4 Å². The number of ether oxygens (including phenoxy) is 1. The van der Waals surface area contributed by atoms with Crippen molar-refractivity contribution >= 4 is 11.8 Å². The molecule has 17 heavy (non-hydrogen) atoms. The van der Waals surface area contributed by atoms with Crippen LogP contribution in [0.4, 0.5) is 0 Å². The van der Waals surface area contributed by atoms with Crippen LogP contribution in [0.15, 0.2) is 24.3 Å². The second-order valence-electron chi connectivity index (χ2n) is 5.47. The third-order valence-electron chi connectivity index (χ3n) is 4.50. The Kier molecular flexibility index (Phi) is 2.25. The Morgan fingerprint density at radius 3 is 2.82 bits per heavy atom. The molecule has 1 aliphatic heterocycles. The first-order valence-electron chi connectivity index (χ1n) is 6.19. The maximum Gasteiger partial charge on any atom is 0.334 e. The molecule has 3 heteroatoms. The van der Waals surface area contributed by atoms with Gasteiger partial charge in [-0.3, -0.25) is 4.79 Å². The van der Waals surface area contributed by atoms with Crippen LogP contribution in [0.2, 0.25) is 0 Å². The number of carbonyl (C=O) groups excluding carboxylic acids is 2. The van der Waals surface area contributed by atoms with Gasteiger partial charge in [0.25, 0.3) is 0 Å². The maximum absolute atomic E-state index is 11.8. The molecule has 0 aromatic rings. The van der Waals surface area contributed by atoms with Crippen molar-refractivity contribution in [2.75, 3.05) is 0 Å². The van der Waals surface area contributed by atoms with Crippen LogP contribution in [0.3, 0.4) is 0 Å². The minimum absolute atomic E-state index is 0.0336. The van der Waals surface area contributed by atoms with E-state index in [1.165, 1.54) is 0 Å². The van der Waals surface area contributed by atoms with Crippen LogP contribution in [0.5, 0.6) is 0 Å². The Morgan fingerprint density at radius 1 is 1.29 bits per heavy atom. The molecular formula is C14H16O3. The van der Waals surface area contributed by atoms with Gasteiger partial charge in [-0.25, -0.2) is 4.79 Å². The van der Waals surface area contributed by atoms with Gasteiger partial charge in [0, 0.05) is 17.4 Å². The molecule has 5 atom stereocenters. The van der Waals surface area contributed by atoms with Crippen molar-refractivity contribution < 1.29 is 14.3 Å². The van der Waals surface area contributed by atoms with Crippen molar-refractivity contribution in [3.05, 3.63) is 24.3 Å². The molecule has 90 valence electrons. The van der Waals surface area contributed by atoms with Gasteiger partial charge in [-0.15, -0.1) is 0 Å². The van der Waals surface area contributed by atoms with Crippen LogP contribution >= 0.6 is 0 Å². The van der Waals surface area contributed by atoms with Gasteiger partial charge in [-0.05, 0) is 30.8 Å². The van der Waals surface area contributed by atoms with Gasteiger partial charge >= 0.3 is 5.97 Å². The van der Waals surface area contributed by atoms with Crippen LogP contribution in [0, 0.1) is 23.7 Å².